The zero-order valence-corrected chi connectivity index (χ0v) is 10.8. The van der Waals surface area contributed by atoms with E-state index in [1.807, 2.05) is 6.07 Å². The SMILES string of the molecule is COCCCOCCOCc1ccc(Cl)nc1. The molecule has 0 amide bonds. The number of pyridine rings is 1. The molecule has 0 atom stereocenters. The molecule has 0 aromatic carbocycles. The van der Waals surface area contributed by atoms with Crippen molar-refractivity contribution in [3.63, 3.8) is 0 Å². The van der Waals surface area contributed by atoms with Crippen molar-refractivity contribution in [3.05, 3.63) is 29.0 Å². The minimum absolute atomic E-state index is 0.496. The Morgan fingerprint density at radius 1 is 1.12 bits per heavy atom. The van der Waals surface area contributed by atoms with Gasteiger partial charge < -0.3 is 14.2 Å². The molecule has 0 aliphatic heterocycles. The Morgan fingerprint density at radius 2 is 1.94 bits per heavy atom. The summed E-state index contributed by atoms with van der Waals surface area (Å²) in [6.07, 6.45) is 2.62. The van der Waals surface area contributed by atoms with Gasteiger partial charge in [0.25, 0.3) is 0 Å². The van der Waals surface area contributed by atoms with Gasteiger partial charge in [-0.05, 0) is 18.1 Å². The predicted octanol–water partition coefficient (Wildman–Crippen LogP) is 2.30. The maximum absolute atomic E-state index is 5.67. The van der Waals surface area contributed by atoms with E-state index in [-0.39, 0.29) is 0 Å². The molecule has 96 valence electrons. The highest BCUT2D eigenvalue weighted by Crippen LogP contribution is 2.05. The van der Waals surface area contributed by atoms with Gasteiger partial charge in [-0.25, -0.2) is 4.98 Å². The van der Waals surface area contributed by atoms with Crippen LogP contribution in [0, 0.1) is 0 Å². The van der Waals surface area contributed by atoms with E-state index < -0.39 is 0 Å². The third-order valence-electron chi connectivity index (χ3n) is 2.07. The fourth-order valence-corrected chi connectivity index (χ4v) is 1.32. The van der Waals surface area contributed by atoms with Crippen LogP contribution in [0.15, 0.2) is 18.3 Å². The molecule has 0 aliphatic carbocycles. The van der Waals surface area contributed by atoms with Crippen molar-refractivity contribution >= 4 is 11.6 Å². The van der Waals surface area contributed by atoms with Crippen molar-refractivity contribution in [1.82, 2.24) is 4.98 Å². The Labute approximate surface area is 107 Å². The lowest BCUT2D eigenvalue weighted by Crippen LogP contribution is -2.06. The molecule has 0 unspecified atom stereocenters. The monoisotopic (exact) mass is 259 g/mol. The van der Waals surface area contributed by atoms with Crippen molar-refractivity contribution in [2.45, 2.75) is 13.0 Å². The Bertz CT molecular complexity index is 292. The summed E-state index contributed by atoms with van der Waals surface area (Å²) in [4.78, 5) is 3.97. The quantitative estimate of drug-likeness (QED) is 0.504. The van der Waals surface area contributed by atoms with E-state index in [4.69, 9.17) is 25.8 Å². The summed E-state index contributed by atoms with van der Waals surface area (Å²) >= 11 is 5.67. The molecule has 1 rings (SSSR count). The highest BCUT2D eigenvalue weighted by atomic mass is 35.5. The standard InChI is InChI=1S/C12H18ClNO3/c1-15-5-2-6-16-7-8-17-10-11-3-4-12(13)14-9-11/h3-4,9H,2,5-8,10H2,1H3. The molecule has 0 aliphatic rings. The van der Waals surface area contributed by atoms with Crippen LogP contribution in [0.1, 0.15) is 12.0 Å². The molecule has 0 saturated carbocycles. The summed E-state index contributed by atoms with van der Waals surface area (Å²) in [5.74, 6) is 0. The first-order valence-electron chi connectivity index (χ1n) is 5.58. The van der Waals surface area contributed by atoms with Gasteiger partial charge in [-0.15, -0.1) is 0 Å². The summed E-state index contributed by atoms with van der Waals surface area (Å²) in [5, 5.41) is 0.496. The Morgan fingerprint density at radius 3 is 2.65 bits per heavy atom. The van der Waals surface area contributed by atoms with Crippen LogP contribution in [0.25, 0.3) is 0 Å². The Balaban J connectivity index is 1.95. The van der Waals surface area contributed by atoms with Gasteiger partial charge in [-0.1, -0.05) is 17.7 Å². The maximum atomic E-state index is 5.67. The van der Waals surface area contributed by atoms with E-state index in [1.165, 1.54) is 0 Å². The number of aromatic nitrogens is 1. The van der Waals surface area contributed by atoms with E-state index in [9.17, 15) is 0 Å². The summed E-state index contributed by atoms with van der Waals surface area (Å²) in [7, 11) is 1.68. The molecular weight excluding hydrogens is 242 g/mol. The topological polar surface area (TPSA) is 40.6 Å². The van der Waals surface area contributed by atoms with Crippen molar-refractivity contribution in [3.8, 4) is 0 Å². The van der Waals surface area contributed by atoms with E-state index in [0.29, 0.717) is 31.6 Å². The molecule has 0 saturated heterocycles. The van der Waals surface area contributed by atoms with Crippen LogP contribution in [-0.2, 0) is 20.8 Å². The molecule has 0 radical (unpaired) electrons. The van der Waals surface area contributed by atoms with E-state index in [2.05, 4.69) is 4.98 Å². The number of hydrogen-bond donors (Lipinski definition) is 0. The van der Waals surface area contributed by atoms with Crippen LogP contribution in [-0.4, -0.2) is 38.5 Å². The Hall–Kier alpha value is -0.680. The third kappa shape index (κ3) is 7.28. The number of hydrogen-bond acceptors (Lipinski definition) is 4. The van der Waals surface area contributed by atoms with Gasteiger partial charge in [-0.2, -0.15) is 0 Å². The largest absolute Gasteiger partial charge is 0.385 e. The molecule has 1 aromatic rings. The minimum atomic E-state index is 0.496. The molecule has 0 bridgehead atoms. The first kappa shape index (κ1) is 14.4. The second-order valence-corrected chi connectivity index (χ2v) is 3.89. The summed E-state index contributed by atoms with van der Waals surface area (Å²) in [5.41, 5.74) is 1.01. The summed E-state index contributed by atoms with van der Waals surface area (Å²) in [6, 6.07) is 3.65. The second kappa shape index (κ2) is 9.36. The van der Waals surface area contributed by atoms with Crippen LogP contribution < -0.4 is 0 Å². The average Bonchev–Trinajstić information content (AvgIpc) is 2.35. The molecule has 0 spiro atoms. The number of nitrogens with zero attached hydrogens (tertiary/aromatic N) is 1. The fraction of sp³-hybridized carbons (Fsp3) is 0.583. The lowest BCUT2D eigenvalue weighted by molar-refractivity contribution is 0.0336. The van der Waals surface area contributed by atoms with Crippen molar-refractivity contribution in [2.75, 3.05) is 33.5 Å². The van der Waals surface area contributed by atoms with Crippen molar-refractivity contribution in [2.24, 2.45) is 0 Å². The van der Waals surface area contributed by atoms with Crippen molar-refractivity contribution in [1.29, 1.82) is 0 Å². The van der Waals surface area contributed by atoms with Gasteiger partial charge in [0.2, 0.25) is 0 Å². The zero-order chi connectivity index (χ0) is 12.3. The number of methoxy groups -OCH3 is 1. The molecular formula is C12H18ClNO3. The first-order valence-corrected chi connectivity index (χ1v) is 5.95. The van der Waals surface area contributed by atoms with E-state index in [1.54, 1.807) is 19.4 Å². The number of ether oxygens (including phenoxy) is 3. The maximum Gasteiger partial charge on any atom is 0.129 e. The molecule has 1 aromatic heterocycles. The van der Waals surface area contributed by atoms with Gasteiger partial charge in [0, 0.05) is 26.5 Å². The van der Waals surface area contributed by atoms with Gasteiger partial charge in [-0.3, -0.25) is 0 Å². The summed E-state index contributed by atoms with van der Waals surface area (Å²) in [6.45, 7) is 3.16. The lowest BCUT2D eigenvalue weighted by Gasteiger charge is -2.05. The first-order chi connectivity index (χ1) is 8.33. The molecule has 5 heteroatoms. The van der Waals surface area contributed by atoms with Gasteiger partial charge >= 0.3 is 0 Å². The van der Waals surface area contributed by atoms with Gasteiger partial charge in [0.05, 0.1) is 19.8 Å². The van der Waals surface area contributed by atoms with Crippen LogP contribution in [0.3, 0.4) is 0 Å². The highest BCUT2D eigenvalue weighted by molar-refractivity contribution is 6.29. The lowest BCUT2D eigenvalue weighted by atomic mass is 10.3. The molecule has 0 fully saturated rings. The molecule has 17 heavy (non-hydrogen) atoms. The third-order valence-corrected chi connectivity index (χ3v) is 2.29. The molecule has 4 nitrogen and oxygen atoms in total. The van der Waals surface area contributed by atoms with Crippen LogP contribution in [0.5, 0.6) is 0 Å². The predicted molar refractivity (Wildman–Crippen MR) is 66.2 cm³/mol. The normalized spacial score (nSPS) is 10.7. The average molecular weight is 260 g/mol. The zero-order valence-electron chi connectivity index (χ0n) is 10.0. The molecule has 0 N–H and O–H groups in total. The van der Waals surface area contributed by atoms with Crippen molar-refractivity contribution < 1.29 is 14.2 Å². The van der Waals surface area contributed by atoms with E-state index >= 15 is 0 Å². The van der Waals surface area contributed by atoms with Crippen LogP contribution in [0.4, 0.5) is 0 Å². The fourth-order valence-electron chi connectivity index (χ4n) is 1.21. The Kier molecular flexibility index (Phi) is 7.92. The van der Waals surface area contributed by atoms with E-state index in [0.717, 1.165) is 18.6 Å². The van der Waals surface area contributed by atoms with Crippen LogP contribution in [0.2, 0.25) is 5.15 Å². The smallest absolute Gasteiger partial charge is 0.129 e. The van der Waals surface area contributed by atoms with Crippen LogP contribution >= 0.6 is 11.6 Å². The summed E-state index contributed by atoms with van der Waals surface area (Å²) < 4.78 is 15.7. The number of rotatable bonds is 9. The molecule has 1 heterocycles. The highest BCUT2D eigenvalue weighted by Gasteiger charge is 1.95. The second-order valence-electron chi connectivity index (χ2n) is 3.50. The minimum Gasteiger partial charge on any atom is -0.385 e. The number of halogens is 1. The van der Waals surface area contributed by atoms with Gasteiger partial charge in [0.1, 0.15) is 5.15 Å². The van der Waals surface area contributed by atoms with Gasteiger partial charge in [0.15, 0.2) is 0 Å².